The Labute approximate surface area is 158 Å². The number of hydrogen-bond donors (Lipinski definition) is 3. The van der Waals surface area contributed by atoms with Crippen molar-refractivity contribution in [3.05, 3.63) is 59.2 Å². The van der Waals surface area contributed by atoms with Crippen LogP contribution in [0.15, 0.2) is 42.5 Å². The maximum absolute atomic E-state index is 12.5. The van der Waals surface area contributed by atoms with Crippen LogP contribution < -0.4 is 25.8 Å². The van der Waals surface area contributed by atoms with Gasteiger partial charge in [0, 0.05) is 12.1 Å². The molecule has 0 aliphatic heterocycles. The largest absolute Gasteiger partial charge is 0.497 e. The number of methoxy groups -OCH3 is 2. The van der Waals surface area contributed by atoms with Crippen molar-refractivity contribution in [3.63, 3.8) is 0 Å². The van der Waals surface area contributed by atoms with Gasteiger partial charge in [-0.05, 0) is 36.2 Å². The van der Waals surface area contributed by atoms with Gasteiger partial charge in [0.1, 0.15) is 11.5 Å². The molecular weight excluding hydrogens is 346 g/mol. The molecule has 0 saturated heterocycles. The van der Waals surface area contributed by atoms with Crippen LogP contribution in [0.3, 0.4) is 0 Å². The molecule has 7 nitrogen and oxygen atoms in total. The van der Waals surface area contributed by atoms with E-state index in [1.807, 2.05) is 31.2 Å². The molecule has 0 radical (unpaired) electrons. The Kier molecular flexibility index (Phi) is 7.05. The Bertz CT molecular complexity index is 808. The van der Waals surface area contributed by atoms with Crippen molar-refractivity contribution >= 4 is 11.9 Å². The van der Waals surface area contributed by atoms with Gasteiger partial charge in [0.05, 0.1) is 26.7 Å². The molecule has 3 amide bonds. The summed E-state index contributed by atoms with van der Waals surface area (Å²) in [6.45, 7) is 2.19. The zero-order valence-corrected chi connectivity index (χ0v) is 15.7. The lowest BCUT2D eigenvalue weighted by atomic mass is 9.98. The van der Waals surface area contributed by atoms with Gasteiger partial charge in [0.25, 0.3) is 0 Å². The molecule has 2 aromatic rings. The highest BCUT2D eigenvalue weighted by molar-refractivity contribution is 5.79. The van der Waals surface area contributed by atoms with Crippen LogP contribution in [0.5, 0.6) is 11.5 Å². The van der Waals surface area contributed by atoms with Crippen molar-refractivity contribution in [3.8, 4) is 11.5 Å². The normalized spacial score (nSPS) is 11.4. The molecule has 1 unspecified atom stereocenters. The Morgan fingerprint density at radius 2 is 1.85 bits per heavy atom. The predicted octanol–water partition coefficient (Wildman–Crippen LogP) is 2.43. The minimum atomic E-state index is -0.675. The highest BCUT2D eigenvalue weighted by atomic mass is 16.5. The number of primary amides is 1. The summed E-state index contributed by atoms with van der Waals surface area (Å²) in [5.41, 5.74) is 7.89. The second kappa shape index (κ2) is 9.47. The molecule has 0 aliphatic carbocycles. The number of rotatable bonds is 8. The van der Waals surface area contributed by atoms with Crippen LogP contribution in [0.2, 0.25) is 0 Å². The Balaban J connectivity index is 2.08. The minimum Gasteiger partial charge on any atom is -0.497 e. The average molecular weight is 371 g/mol. The van der Waals surface area contributed by atoms with E-state index < -0.39 is 12.1 Å². The molecule has 144 valence electrons. The quantitative estimate of drug-likeness (QED) is 0.663. The number of ether oxygens (including phenoxy) is 2. The maximum Gasteiger partial charge on any atom is 0.312 e. The average Bonchev–Trinajstić information content (AvgIpc) is 2.65. The van der Waals surface area contributed by atoms with Gasteiger partial charge in [-0.3, -0.25) is 4.79 Å². The molecule has 0 spiro atoms. The molecule has 2 aromatic carbocycles. The SMILES string of the molecule is COc1ccc(OC)c(CNC(=O)CC(NC(N)=O)c2ccccc2C)c1. The van der Waals surface area contributed by atoms with E-state index in [0.29, 0.717) is 11.5 Å². The molecule has 4 N–H and O–H groups in total. The Morgan fingerprint density at radius 3 is 2.48 bits per heavy atom. The number of nitrogens with two attached hydrogens (primary N) is 1. The third-order valence-corrected chi connectivity index (χ3v) is 4.23. The standard InChI is InChI=1S/C20H25N3O4/c1-13-6-4-5-7-16(13)17(23-20(21)25)11-19(24)22-12-14-10-15(26-2)8-9-18(14)27-3/h4-10,17H,11-12H2,1-3H3,(H,22,24)(H3,21,23,25). The molecule has 0 aromatic heterocycles. The van der Waals surface area contributed by atoms with Crippen LogP contribution in [0, 0.1) is 6.92 Å². The minimum absolute atomic E-state index is 0.0695. The number of hydrogen-bond acceptors (Lipinski definition) is 4. The molecule has 2 rings (SSSR count). The van der Waals surface area contributed by atoms with E-state index in [2.05, 4.69) is 10.6 Å². The summed E-state index contributed by atoms with van der Waals surface area (Å²) in [7, 11) is 3.14. The fraction of sp³-hybridized carbons (Fsp3) is 0.300. The number of carbonyl (C=O) groups excluding carboxylic acids is 2. The smallest absolute Gasteiger partial charge is 0.312 e. The molecule has 7 heteroatoms. The van der Waals surface area contributed by atoms with Crippen molar-refractivity contribution in [1.29, 1.82) is 0 Å². The number of aryl methyl sites for hydroxylation is 1. The van der Waals surface area contributed by atoms with E-state index in [4.69, 9.17) is 15.2 Å². The van der Waals surface area contributed by atoms with Crippen LogP contribution in [0.25, 0.3) is 0 Å². The van der Waals surface area contributed by atoms with Gasteiger partial charge >= 0.3 is 6.03 Å². The molecule has 27 heavy (non-hydrogen) atoms. The van der Waals surface area contributed by atoms with Crippen LogP contribution in [0.4, 0.5) is 4.79 Å². The first kappa shape index (κ1) is 20.1. The topological polar surface area (TPSA) is 103 Å². The molecule has 0 bridgehead atoms. The van der Waals surface area contributed by atoms with Crippen LogP contribution >= 0.6 is 0 Å². The first-order valence-electron chi connectivity index (χ1n) is 8.53. The molecule has 1 atom stereocenters. The predicted molar refractivity (Wildman–Crippen MR) is 103 cm³/mol. The van der Waals surface area contributed by atoms with Crippen molar-refractivity contribution in [2.24, 2.45) is 5.73 Å². The van der Waals surface area contributed by atoms with E-state index in [1.54, 1.807) is 32.4 Å². The summed E-state index contributed by atoms with van der Waals surface area (Å²) >= 11 is 0. The number of urea groups is 1. The van der Waals surface area contributed by atoms with Gasteiger partial charge in [-0.2, -0.15) is 0 Å². The summed E-state index contributed by atoms with van der Waals surface area (Å²) in [5.74, 6) is 1.11. The fourth-order valence-corrected chi connectivity index (χ4v) is 2.86. The third kappa shape index (κ3) is 5.64. The van der Waals surface area contributed by atoms with E-state index in [-0.39, 0.29) is 18.9 Å². The zero-order chi connectivity index (χ0) is 19.8. The van der Waals surface area contributed by atoms with Gasteiger partial charge in [0.2, 0.25) is 5.91 Å². The second-order valence-corrected chi connectivity index (χ2v) is 6.08. The fourth-order valence-electron chi connectivity index (χ4n) is 2.86. The van der Waals surface area contributed by atoms with Crippen molar-refractivity contribution in [2.75, 3.05) is 14.2 Å². The summed E-state index contributed by atoms with van der Waals surface area (Å²) in [6.07, 6.45) is 0.0695. The molecule has 0 heterocycles. The van der Waals surface area contributed by atoms with E-state index >= 15 is 0 Å². The van der Waals surface area contributed by atoms with Gasteiger partial charge in [-0.15, -0.1) is 0 Å². The monoisotopic (exact) mass is 371 g/mol. The summed E-state index contributed by atoms with van der Waals surface area (Å²) in [6, 6.07) is 11.7. The van der Waals surface area contributed by atoms with Crippen LogP contribution in [-0.4, -0.2) is 26.2 Å². The number of carbonyl (C=O) groups is 2. The van der Waals surface area contributed by atoms with Gasteiger partial charge in [-0.25, -0.2) is 4.79 Å². The maximum atomic E-state index is 12.5. The Hall–Kier alpha value is -3.22. The van der Waals surface area contributed by atoms with Crippen LogP contribution in [-0.2, 0) is 11.3 Å². The third-order valence-electron chi connectivity index (χ3n) is 4.23. The van der Waals surface area contributed by atoms with E-state index in [1.165, 1.54) is 0 Å². The highest BCUT2D eigenvalue weighted by Gasteiger charge is 2.19. The van der Waals surface area contributed by atoms with E-state index in [9.17, 15) is 9.59 Å². The number of nitrogens with one attached hydrogen (secondary N) is 2. The molecular formula is C20H25N3O4. The van der Waals surface area contributed by atoms with Crippen molar-refractivity contribution < 1.29 is 19.1 Å². The van der Waals surface area contributed by atoms with Crippen LogP contribution in [0.1, 0.15) is 29.2 Å². The van der Waals surface area contributed by atoms with Gasteiger partial charge in [-0.1, -0.05) is 24.3 Å². The molecule has 0 aliphatic rings. The summed E-state index contributed by atoms with van der Waals surface area (Å²) < 4.78 is 10.5. The summed E-state index contributed by atoms with van der Waals surface area (Å²) in [5, 5.41) is 5.49. The van der Waals surface area contributed by atoms with Crippen molar-refractivity contribution in [1.82, 2.24) is 10.6 Å². The first-order chi connectivity index (χ1) is 12.9. The van der Waals surface area contributed by atoms with Gasteiger partial charge in [0.15, 0.2) is 0 Å². The highest BCUT2D eigenvalue weighted by Crippen LogP contribution is 2.24. The zero-order valence-electron chi connectivity index (χ0n) is 15.7. The number of benzene rings is 2. The lowest BCUT2D eigenvalue weighted by molar-refractivity contribution is -0.121. The van der Waals surface area contributed by atoms with Crippen molar-refractivity contribution in [2.45, 2.75) is 25.9 Å². The molecule has 0 fully saturated rings. The molecule has 0 saturated carbocycles. The first-order valence-corrected chi connectivity index (χ1v) is 8.53. The lowest BCUT2D eigenvalue weighted by Crippen LogP contribution is -2.36. The van der Waals surface area contributed by atoms with Gasteiger partial charge < -0.3 is 25.8 Å². The second-order valence-electron chi connectivity index (χ2n) is 6.08. The van der Waals surface area contributed by atoms with E-state index in [0.717, 1.165) is 16.7 Å². The lowest BCUT2D eigenvalue weighted by Gasteiger charge is -2.20. The number of amides is 3. The Morgan fingerprint density at radius 1 is 1.11 bits per heavy atom. The summed E-state index contributed by atoms with van der Waals surface area (Å²) in [4.78, 5) is 23.8.